The van der Waals surface area contributed by atoms with Crippen LogP contribution in [0.3, 0.4) is 0 Å². The van der Waals surface area contributed by atoms with Crippen molar-refractivity contribution in [2.45, 2.75) is 33.1 Å². The largest absolute Gasteiger partial charge is 0.316 e. The van der Waals surface area contributed by atoms with E-state index < -0.39 is 0 Å². The van der Waals surface area contributed by atoms with Crippen molar-refractivity contribution in [3.05, 3.63) is 34.6 Å². The summed E-state index contributed by atoms with van der Waals surface area (Å²) in [6.45, 7) is 8.36. The fourth-order valence-electron chi connectivity index (χ4n) is 1.94. The molecule has 0 aliphatic heterocycles. The average molecular weight is 258 g/mol. The maximum atomic E-state index is 13.0. The van der Waals surface area contributed by atoms with Crippen LogP contribution in [0.5, 0.6) is 0 Å². The molecule has 0 bridgehead atoms. The highest BCUT2D eigenvalue weighted by atomic mass is 35.5. The van der Waals surface area contributed by atoms with Crippen LogP contribution >= 0.6 is 11.6 Å². The third-order valence-corrected chi connectivity index (χ3v) is 3.29. The van der Waals surface area contributed by atoms with Crippen molar-refractivity contribution in [1.82, 2.24) is 5.32 Å². The normalized spacial score (nSPS) is 13.1. The Kier molecular flexibility index (Phi) is 5.93. The van der Waals surface area contributed by atoms with Crippen LogP contribution in [0, 0.1) is 11.7 Å². The minimum atomic E-state index is -0.275. The van der Waals surface area contributed by atoms with Crippen LogP contribution in [0.1, 0.15) is 38.7 Å². The lowest BCUT2D eigenvalue weighted by molar-refractivity contribution is 0.461. The van der Waals surface area contributed by atoms with Crippen LogP contribution in [-0.4, -0.2) is 13.1 Å². The monoisotopic (exact) mass is 257 g/mol. The molecule has 0 saturated heterocycles. The van der Waals surface area contributed by atoms with Gasteiger partial charge in [-0.25, -0.2) is 4.39 Å². The summed E-state index contributed by atoms with van der Waals surface area (Å²) in [7, 11) is 0. The van der Waals surface area contributed by atoms with Crippen molar-refractivity contribution in [3.63, 3.8) is 0 Å². The summed E-state index contributed by atoms with van der Waals surface area (Å²) >= 11 is 6.11. The standard InChI is InChI=1S/C14H21ClFN/c1-4-7-17-9-13(10(2)3)12-6-5-11(16)8-14(12)15/h5-6,8,10,13,17H,4,7,9H2,1-3H3. The molecule has 0 aliphatic rings. The van der Waals surface area contributed by atoms with Gasteiger partial charge in [-0.15, -0.1) is 0 Å². The molecule has 1 atom stereocenters. The van der Waals surface area contributed by atoms with Gasteiger partial charge in [0, 0.05) is 17.5 Å². The Morgan fingerprint density at radius 1 is 1.35 bits per heavy atom. The summed E-state index contributed by atoms with van der Waals surface area (Å²) in [5.74, 6) is 0.528. The average Bonchev–Trinajstić information content (AvgIpc) is 2.25. The van der Waals surface area contributed by atoms with Gasteiger partial charge >= 0.3 is 0 Å². The van der Waals surface area contributed by atoms with E-state index in [9.17, 15) is 4.39 Å². The van der Waals surface area contributed by atoms with E-state index in [-0.39, 0.29) is 5.82 Å². The molecule has 3 heteroatoms. The van der Waals surface area contributed by atoms with Gasteiger partial charge in [0.25, 0.3) is 0 Å². The lowest BCUT2D eigenvalue weighted by atomic mass is 9.88. The zero-order chi connectivity index (χ0) is 12.8. The first-order chi connectivity index (χ1) is 8.06. The second-order valence-electron chi connectivity index (χ2n) is 4.72. The summed E-state index contributed by atoms with van der Waals surface area (Å²) in [5.41, 5.74) is 1.03. The van der Waals surface area contributed by atoms with Crippen molar-refractivity contribution >= 4 is 11.6 Å². The van der Waals surface area contributed by atoms with Gasteiger partial charge in [-0.2, -0.15) is 0 Å². The molecule has 0 radical (unpaired) electrons. The number of nitrogens with one attached hydrogen (secondary N) is 1. The lowest BCUT2D eigenvalue weighted by Crippen LogP contribution is -2.25. The molecular formula is C14H21ClFN. The molecule has 1 nitrogen and oxygen atoms in total. The van der Waals surface area contributed by atoms with Gasteiger partial charge in [-0.1, -0.05) is 38.4 Å². The van der Waals surface area contributed by atoms with Crippen LogP contribution in [0.25, 0.3) is 0 Å². The zero-order valence-corrected chi connectivity index (χ0v) is 11.5. The predicted molar refractivity (Wildman–Crippen MR) is 72.1 cm³/mol. The third-order valence-electron chi connectivity index (χ3n) is 2.96. The first kappa shape index (κ1) is 14.5. The van der Waals surface area contributed by atoms with Gasteiger partial charge in [0.05, 0.1) is 0 Å². The van der Waals surface area contributed by atoms with E-state index in [1.165, 1.54) is 12.1 Å². The summed E-state index contributed by atoms with van der Waals surface area (Å²) in [4.78, 5) is 0. The predicted octanol–water partition coefficient (Wildman–Crippen LogP) is 4.22. The molecule has 17 heavy (non-hydrogen) atoms. The number of hydrogen-bond acceptors (Lipinski definition) is 1. The minimum Gasteiger partial charge on any atom is -0.316 e. The molecule has 0 aliphatic carbocycles. The van der Waals surface area contributed by atoms with E-state index >= 15 is 0 Å². The molecule has 0 spiro atoms. The highest BCUT2D eigenvalue weighted by Crippen LogP contribution is 2.30. The first-order valence-corrected chi connectivity index (χ1v) is 6.59. The second kappa shape index (κ2) is 6.97. The highest BCUT2D eigenvalue weighted by Gasteiger charge is 2.18. The number of hydrogen-bond donors (Lipinski definition) is 1. The summed E-state index contributed by atoms with van der Waals surface area (Å²) < 4.78 is 13.0. The maximum absolute atomic E-state index is 13.0. The van der Waals surface area contributed by atoms with E-state index in [1.807, 2.05) is 0 Å². The van der Waals surface area contributed by atoms with Crippen LogP contribution in [-0.2, 0) is 0 Å². The van der Waals surface area contributed by atoms with Crippen LogP contribution in [0.15, 0.2) is 18.2 Å². The second-order valence-corrected chi connectivity index (χ2v) is 5.13. The molecular weight excluding hydrogens is 237 g/mol. The molecule has 0 fully saturated rings. The van der Waals surface area contributed by atoms with E-state index in [2.05, 4.69) is 26.1 Å². The zero-order valence-electron chi connectivity index (χ0n) is 10.8. The quantitative estimate of drug-likeness (QED) is 0.753. The molecule has 0 heterocycles. The number of halogens is 2. The van der Waals surface area contributed by atoms with Crippen LogP contribution in [0.4, 0.5) is 4.39 Å². The topological polar surface area (TPSA) is 12.0 Å². The number of rotatable bonds is 6. The van der Waals surface area contributed by atoms with Crippen molar-refractivity contribution in [3.8, 4) is 0 Å². The Bertz CT molecular complexity index is 352. The molecule has 1 unspecified atom stereocenters. The van der Waals surface area contributed by atoms with Crippen LogP contribution < -0.4 is 5.32 Å². The molecule has 96 valence electrons. The van der Waals surface area contributed by atoms with Crippen molar-refractivity contribution < 1.29 is 4.39 Å². The Morgan fingerprint density at radius 3 is 2.59 bits per heavy atom. The van der Waals surface area contributed by atoms with Gasteiger partial charge in [-0.05, 0) is 36.6 Å². The van der Waals surface area contributed by atoms with Crippen LogP contribution in [0.2, 0.25) is 5.02 Å². The van der Waals surface area contributed by atoms with Gasteiger partial charge < -0.3 is 5.32 Å². The van der Waals surface area contributed by atoms with E-state index in [0.717, 1.165) is 25.1 Å². The number of benzene rings is 1. The highest BCUT2D eigenvalue weighted by molar-refractivity contribution is 6.31. The Labute approximate surface area is 108 Å². The Morgan fingerprint density at radius 2 is 2.06 bits per heavy atom. The van der Waals surface area contributed by atoms with E-state index in [0.29, 0.717) is 16.9 Å². The lowest BCUT2D eigenvalue weighted by Gasteiger charge is -2.23. The molecule has 0 amide bonds. The maximum Gasteiger partial charge on any atom is 0.124 e. The van der Waals surface area contributed by atoms with Gasteiger partial charge in [-0.3, -0.25) is 0 Å². The van der Waals surface area contributed by atoms with Gasteiger partial charge in [0.15, 0.2) is 0 Å². The fraction of sp³-hybridized carbons (Fsp3) is 0.571. The molecule has 1 rings (SSSR count). The molecule has 1 aromatic carbocycles. The molecule has 0 saturated carbocycles. The summed E-state index contributed by atoms with van der Waals surface area (Å²) in [6, 6.07) is 4.68. The van der Waals surface area contributed by atoms with Gasteiger partial charge in [0.2, 0.25) is 0 Å². The Balaban J connectivity index is 2.82. The van der Waals surface area contributed by atoms with E-state index in [4.69, 9.17) is 11.6 Å². The first-order valence-electron chi connectivity index (χ1n) is 6.22. The molecule has 0 aromatic heterocycles. The summed E-state index contributed by atoms with van der Waals surface area (Å²) in [6.07, 6.45) is 1.11. The van der Waals surface area contributed by atoms with Crippen molar-refractivity contribution in [1.29, 1.82) is 0 Å². The fourth-order valence-corrected chi connectivity index (χ4v) is 2.25. The Hall–Kier alpha value is -0.600. The third kappa shape index (κ3) is 4.29. The smallest absolute Gasteiger partial charge is 0.124 e. The van der Waals surface area contributed by atoms with Crippen molar-refractivity contribution in [2.75, 3.05) is 13.1 Å². The molecule has 1 N–H and O–H groups in total. The van der Waals surface area contributed by atoms with Crippen molar-refractivity contribution in [2.24, 2.45) is 5.92 Å². The molecule has 1 aromatic rings. The summed E-state index contributed by atoms with van der Waals surface area (Å²) in [5, 5.41) is 3.93. The van der Waals surface area contributed by atoms with Gasteiger partial charge in [0.1, 0.15) is 5.82 Å². The minimum absolute atomic E-state index is 0.275. The van der Waals surface area contributed by atoms with E-state index in [1.54, 1.807) is 6.07 Å². The SMILES string of the molecule is CCCNCC(c1ccc(F)cc1Cl)C(C)C.